The first-order valence-electron chi connectivity index (χ1n) is 7.96. The predicted molar refractivity (Wildman–Crippen MR) is 113 cm³/mol. The number of carbonyl (C=O) groups excluding carboxylic acids is 1. The Morgan fingerprint density at radius 2 is 2.04 bits per heavy atom. The van der Waals surface area contributed by atoms with Gasteiger partial charge >= 0.3 is 0 Å². The molecular formula is C18H14Br2N4O2S. The molecule has 0 unspecified atom stereocenters. The molecule has 0 spiro atoms. The van der Waals surface area contributed by atoms with Crippen molar-refractivity contribution in [3.05, 3.63) is 61.5 Å². The van der Waals surface area contributed by atoms with Gasteiger partial charge in [0, 0.05) is 15.3 Å². The van der Waals surface area contributed by atoms with Crippen molar-refractivity contribution in [1.29, 1.82) is 0 Å². The molecule has 0 bridgehead atoms. The fourth-order valence-corrected chi connectivity index (χ4v) is 4.89. The normalized spacial score (nSPS) is 18.1. The number of halogens is 2. The summed E-state index contributed by atoms with van der Waals surface area (Å²) in [5.74, 6) is 0.451. The molecule has 0 fully saturated rings. The number of para-hydroxylation sites is 1. The summed E-state index contributed by atoms with van der Waals surface area (Å²) in [7, 11) is 1.61. The Balaban J connectivity index is 2.03. The summed E-state index contributed by atoms with van der Waals surface area (Å²) < 4.78 is 7.28. The lowest BCUT2D eigenvalue weighted by atomic mass is 10.1. The Morgan fingerprint density at radius 1 is 1.26 bits per heavy atom. The smallest absolute Gasteiger partial charge is 0.276 e. The van der Waals surface area contributed by atoms with Crippen LogP contribution in [0.5, 0.6) is 5.75 Å². The van der Waals surface area contributed by atoms with Crippen molar-refractivity contribution in [2.24, 2.45) is 10.1 Å². The minimum absolute atomic E-state index is 0.199. The summed E-state index contributed by atoms with van der Waals surface area (Å²) in [6.45, 7) is 0. The molecule has 0 saturated heterocycles. The number of methoxy groups -OCH3 is 1. The van der Waals surface area contributed by atoms with Crippen LogP contribution in [0.25, 0.3) is 5.70 Å². The van der Waals surface area contributed by atoms with Gasteiger partial charge in [0.15, 0.2) is 11.3 Å². The molecule has 138 valence electrons. The number of hydrogen-bond acceptors (Lipinski definition) is 6. The lowest BCUT2D eigenvalue weighted by Crippen LogP contribution is -2.50. The third kappa shape index (κ3) is 3.17. The zero-order valence-corrected chi connectivity index (χ0v) is 18.4. The average molecular weight is 510 g/mol. The number of rotatable bonds is 2. The number of fused-ring (bicyclic) bond motifs is 2. The quantitative estimate of drug-likeness (QED) is 0.676. The third-order valence-electron chi connectivity index (χ3n) is 4.23. The number of amidine groups is 1. The maximum Gasteiger partial charge on any atom is 0.276 e. The molecule has 1 amide bonds. The lowest BCUT2D eigenvalue weighted by molar-refractivity contribution is -0.116. The van der Waals surface area contributed by atoms with E-state index in [9.17, 15) is 4.79 Å². The van der Waals surface area contributed by atoms with Crippen LogP contribution in [0.4, 0.5) is 0 Å². The van der Waals surface area contributed by atoms with Gasteiger partial charge in [-0.25, -0.2) is 5.01 Å². The first-order valence-corrected chi connectivity index (χ1v) is 10.8. The number of benzene rings is 2. The Hall–Kier alpha value is -1.84. The second-order valence-corrected chi connectivity index (χ2v) is 8.35. The number of hydrogen-bond donors (Lipinski definition) is 1. The molecule has 0 aromatic heterocycles. The Labute approximate surface area is 176 Å². The van der Waals surface area contributed by atoms with Crippen LogP contribution < -0.4 is 20.6 Å². The van der Waals surface area contributed by atoms with Crippen molar-refractivity contribution in [1.82, 2.24) is 10.3 Å². The number of ether oxygens (including phenoxy) is 1. The van der Waals surface area contributed by atoms with Gasteiger partial charge in [-0.3, -0.25) is 15.1 Å². The van der Waals surface area contributed by atoms with Crippen LogP contribution in [0.1, 0.15) is 11.7 Å². The van der Waals surface area contributed by atoms with Gasteiger partial charge in [0.05, 0.1) is 16.9 Å². The largest absolute Gasteiger partial charge is 0.495 e. The monoisotopic (exact) mass is 508 g/mol. The molecule has 2 aromatic rings. The van der Waals surface area contributed by atoms with E-state index in [4.69, 9.17) is 9.73 Å². The molecule has 9 heteroatoms. The maximum atomic E-state index is 12.9. The number of thioether (sulfide) groups is 1. The molecule has 1 N–H and O–H groups in total. The molecule has 2 heterocycles. The number of amides is 1. The minimum Gasteiger partial charge on any atom is -0.495 e. The summed E-state index contributed by atoms with van der Waals surface area (Å²) >= 11 is 8.44. The molecule has 4 rings (SSSR count). The number of hydrazone groups is 1. The second-order valence-electron chi connectivity index (χ2n) is 5.79. The fraction of sp³-hybridized carbons (Fsp3) is 0.167. The summed E-state index contributed by atoms with van der Waals surface area (Å²) in [5, 5.41) is 11.1. The maximum absolute atomic E-state index is 12.9. The number of carbonyl (C=O) groups is 1. The van der Waals surface area contributed by atoms with Crippen LogP contribution in [-0.2, 0) is 4.79 Å². The van der Waals surface area contributed by atoms with Gasteiger partial charge in [0.2, 0.25) is 0 Å². The predicted octanol–water partition coefficient (Wildman–Crippen LogP) is 2.73. The van der Waals surface area contributed by atoms with Crippen LogP contribution in [0, 0.1) is 0 Å². The van der Waals surface area contributed by atoms with Crippen molar-refractivity contribution in [2.45, 2.75) is 6.17 Å². The van der Waals surface area contributed by atoms with Gasteiger partial charge in [0.25, 0.3) is 5.91 Å². The van der Waals surface area contributed by atoms with E-state index in [0.29, 0.717) is 16.6 Å². The van der Waals surface area contributed by atoms with Crippen molar-refractivity contribution < 1.29 is 9.53 Å². The van der Waals surface area contributed by atoms with Gasteiger partial charge in [0.1, 0.15) is 11.4 Å². The van der Waals surface area contributed by atoms with Gasteiger partial charge in [-0.15, -0.1) is 5.10 Å². The highest BCUT2D eigenvalue weighted by atomic mass is 79.9. The summed E-state index contributed by atoms with van der Waals surface area (Å²) in [6, 6.07) is 11.4. The molecule has 0 saturated carbocycles. The first kappa shape index (κ1) is 18.5. The van der Waals surface area contributed by atoms with E-state index in [1.807, 2.05) is 42.7 Å². The Morgan fingerprint density at radius 3 is 2.78 bits per heavy atom. The molecule has 0 radical (unpaired) electrons. The van der Waals surface area contributed by atoms with E-state index in [2.05, 4.69) is 42.3 Å². The summed E-state index contributed by atoms with van der Waals surface area (Å²) in [6.07, 6.45) is 1.33. The van der Waals surface area contributed by atoms with Crippen molar-refractivity contribution >= 4 is 60.4 Å². The van der Waals surface area contributed by atoms with Crippen LogP contribution in [0.3, 0.4) is 0 Å². The number of nitrogens with one attached hydrogen (secondary N) is 1. The zero-order valence-electron chi connectivity index (χ0n) is 14.4. The molecular weight excluding hydrogens is 496 g/mol. The highest BCUT2D eigenvalue weighted by Crippen LogP contribution is 2.41. The van der Waals surface area contributed by atoms with E-state index in [-0.39, 0.29) is 5.91 Å². The van der Waals surface area contributed by atoms with E-state index >= 15 is 0 Å². The Bertz CT molecular complexity index is 1100. The van der Waals surface area contributed by atoms with Crippen molar-refractivity contribution in [2.75, 3.05) is 13.4 Å². The first-order chi connectivity index (χ1) is 13.0. The minimum atomic E-state index is -0.535. The van der Waals surface area contributed by atoms with Crippen LogP contribution in [-0.4, -0.2) is 29.4 Å². The van der Waals surface area contributed by atoms with Gasteiger partial charge < -0.3 is 4.74 Å². The van der Waals surface area contributed by atoms with E-state index in [1.54, 1.807) is 12.1 Å². The van der Waals surface area contributed by atoms with Crippen molar-refractivity contribution in [3.63, 3.8) is 0 Å². The average Bonchev–Trinajstić information content (AvgIpc) is 2.66. The summed E-state index contributed by atoms with van der Waals surface area (Å²) in [5.41, 5.74) is 1.27. The molecule has 0 aliphatic carbocycles. The molecule has 2 aliphatic heterocycles. The molecule has 27 heavy (non-hydrogen) atoms. The molecule has 1 atom stereocenters. The van der Waals surface area contributed by atoms with Crippen LogP contribution in [0.15, 0.2) is 55.4 Å². The van der Waals surface area contributed by atoms with Crippen LogP contribution in [0.2, 0.25) is 0 Å². The van der Waals surface area contributed by atoms with E-state index in [1.165, 1.54) is 11.8 Å². The standard InChI is InChI=1S/C18H14Br2N4O2S/c1-26-15-11(7-9(19)8-12(15)20)16-21-13-6-4-3-5-10(13)14-17(25)22-18(27-2)23-24(14)16/h3-8,16H,1-2H3,(H,22,23,25)/t16-/m1/s1. The zero-order chi connectivity index (χ0) is 19.1. The molecule has 6 nitrogen and oxygen atoms in total. The Kier molecular flexibility index (Phi) is 5.00. The van der Waals surface area contributed by atoms with Gasteiger partial charge in [-0.1, -0.05) is 45.9 Å². The van der Waals surface area contributed by atoms with Crippen LogP contribution >= 0.6 is 43.6 Å². The van der Waals surface area contributed by atoms with Gasteiger partial charge in [-0.2, -0.15) is 0 Å². The summed E-state index contributed by atoms with van der Waals surface area (Å²) in [4.78, 5) is 17.7. The van der Waals surface area contributed by atoms with E-state index in [0.717, 1.165) is 25.1 Å². The SMILES string of the molecule is COc1c(Br)cc(Br)cc1[C@@H]1N=c2ccccc2=C2C(=O)NC(SC)=NN21. The number of nitrogens with zero attached hydrogens (tertiary/aromatic N) is 3. The second kappa shape index (κ2) is 7.29. The van der Waals surface area contributed by atoms with Crippen molar-refractivity contribution in [3.8, 4) is 5.75 Å². The van der Waals surface area contributed by atoms with Gasteiger partial charge in [-0.05, 0) is 40.4 Å². The molecule has 2 aliphatic rings. The highest BCUT2D eigenvalue weighted by Gasteiger charge is 2.35. The lowest BCUT2D eigenvalue weighted by Gasteiger charge is -2.34. The third-order valence-corrected chi connectivity index (χ3v) is 5.85. The molecule has 2 aromatic carbocycles. The van der Waals surface area contributed by atoms with E-state index < -0.39 is 6.17 Å². The topological polar surface area (TPSA) is 66.3 Å². The fourth-order valence-electron chi connectivity index (χ4n) is 3.11. The highest BCUT2D eigenvalue weighted by molar-refractivity contribution is 9.11.